The molecule has 4 rings (SSSR count). The molecule has 21 N–H and O–H groups in total. The van der Waals surface area contributed by atoms with Gasteiger partial charge in [0.15, 0.2) is 0 Å². The average Bonchev–Trinajstić information content (AvgIpc) is 3.46. The summed E-state index contributed by atoms with van der Waals surface area (Å²) in [6, 6.07) is 9.40. The first-order valence-electron chi connectivity index (χ1n) is 26.7. The first-order valence-corrected chi connectivity index (χ1v) is 26.7. The van der Waals surface area contributed by atoms with Crippen LogP contribution in [0, 0.1) is 20.8 Å². The lowest BCUT2D eigenvalue weighted by Crippen LogP contribution is -2.49. The molecule has 1 saturated heterocycles. The lowest BCUT2D eigenvalue weighted by Gasteiger charge is -2.31. The molecule has 1 heterocycles. The molecule has 1 fully saturated rings. The van der Waals surface area contributed by atoms with Crippen LogP contribution in [0.2, 0.25) is 0 Å². The summed E-state index contributed by atoms with van der Waals surface area (Å²) in [5, 5.41) is 191. The molecule has 3 aromatic carbocycles. The third-order valence-corrected chi connectivity index (χ3v) is 14.2. The summed E-state index contributed by atoms with van der Waals surface area (Å²) in [6.45, 7) is 3.67. The van der Waals surface area contributed by atoms with E-state index >= 15 is 0 Å². The number of aromatic hydroxyl groups is 3. The van der Waals surface area contributed by atoms with Crippen LogP contribution in [0.15, 0.2) is 36.4 Å². The Bertz CT molecular complexity index is 2220. The molecule has 456 valence electrons. The normalized spacial score (nSPS) is 19.0. The summed E-state index contributed by atoms with van der Waals surface area (Å²) in [6.07, 6.45) is -20.6. The molecule has 12 atom stereocenters. The third kappa shape index (κ3) is 19.7. The van der Waals surface area contributed by atoms with Gasteiger partial charge in [0.1, 0.15) is 72.2 Å². The highest BCUT2D eigenvalue weighted by Crippen LogP contribution is 2.30. The Morgan fingerprint density at radius 3 is 0.802 bits per heavy atom. The number of hydrogen-bond acceptors (Lipinski definition) is 24. The van der Waals surface area contributed by atoms with Crippen LogP contribution in [0.5, 0.6) is 17.2 Å². The van der Waals surface area contributed by atoms with Crippen LogP contribution in [0.25, 0.3) is 0 Å². The van der Waals surface area contributed by atoms with Gasteiger partial charge in [0.25, 0.3) is 17.7 Å². The van der Waals surface area contributed by atoms with Gasteiger partial charge in [-0.1, -0.05) is 18.2 Å². The highest BCUT2D eigenvalue weighted by atomic mass is 16.4. The SMILES string of the molecule is Cc1cc(CN2CCCN(Cc3cc(C)cc(C(=O)NCC(O)C(O)C(O)C(O)CO)c3O)CCCN(Cc3cc(C)cc(C(=O)NCC(O)C(O)C(O)C(O)CO)c3O)CCC2)c(O)c(C(=O)NCC(O)C(O)C(O)C(O)CO)c1. The molecule has 1 aliphatic rings. The van der Waals surface area contributed by atoms with Crippen LogP contribution >= 0.6 is 0 Å². The Labute approximate surface area is 468 Å². The van der Waals surface area contributed by atoms with E-state index in [0.29, 0.717) is 91.9 Å². The standard InChI is InChI=1S/C54H84N6O21/c1-28-13-31(43(70)34(16-28)52(79)55-19-37(64)46(73)49(76)40(67)25-61)22-58-7-4-9-59(23-32-14-29(2)17-35(44(32)71)53(80)56-20-38(65)47(74)50(77)41(68)26-62)11-6-12-60(10-5-8-58)24-33-15-30(3)18-36(45(33)72)54(81)57-21-39(66)48(75)51(78)42(69)27-63/h13-18,37-42,46-51,61-78H,4-12,19-27H2,1-3H3,(H,55,79)(H,56,80)(H,57,81). The van der Waals surface area contributed by atoms with Crippen molar-refractivity contribution in [2.75, 3.05) is 78.7 Å². The van der Waals surface area contributed by atoms with Gasteiger partial charge in [-0.25, -0.2) is 0 Å². The first kappa shape index (κ1) is 68.3. The van der Waals surface area contributed by atoms with E-state index < -0.39 is 130 Å². The number of carbonyl (C=O) groups excluding carboxylic acids is 3. The number of benzene rings is 3. The van der Waals surface area contributed by atoms with Gasteiger partial charge in [-0.3, -0.25) is 29.1 Å². The molecule has 3 amide bonds. The summed E-state index contributed by atoms with van der Waals surface area (Å²) in [4.78, 5) is 46.5. The largest absolute Gasteiger partial charge is 0.507 e. The van der Waals surface area contributed by atoms with E-state index in [1.54, 1.807) is 39.0 Å². The number of nitrogens with zero attached hydrogens (tertiary/aromatic N) is 3. The molecule has 0 bridgehead atoms. The molecular weight excluding hydrogens is 1070 g/mol. The molecule has 0 spiro atoms. The van der Waals surface area contributed by atoms with Crippen molar-refractivity contribution in [3.05, 3.63) is 86.5 Å². The highest BCUT2D eigenvalue weighted by Gasteiger charge is 2.34. The number of phenolic OH excluding ortho intramolecular Hbond substituents is 3. The Morgan fingerprint density at radius 2 is 0.593 bits per heavy atom. The van der Waals surface area contributed by atoms with Crippen molar-refractivity contribution in [3.63, 3.8) is 0 Å². The lowest BCUT2D eigenvalue weighted by atomic mass is 10.0. The Kier molecular flexibility index (Phi) is 27.4. The molecule has 3 aromatic rings. The minimum atomic E-state index is -1.94. The third-order valence-electron chi connectivity index (χ3n) is 14.2. The van der Waals surface area contributed by atoms with Crippen LogP contribution < -0.4 is 16.0 Å². The number of phenols is 3. The van der Waals surface area contributed by atoms with Crippen LogP contribution in [0.4, 0.5) is 0 Å². The van der Waals surface area contributed by atoms with Crippen LogP contribution in [-0.2, 0) is 19.6 Å². The second-order valence-electron chi connectivity index (χ2n) is 20.9. The van der Waals surface area contributed by atoms with Crippen molar-refractivity contribution < 1.29 is 106 Å². The smallest absolute Gasteiger partial charge is 0.255 e. The lowest BCUT2D eigenvalue weighted by molar-refractivity contribution is -0.113. The van der Waals surface area contributed by atoms with E-state index in [4.69, 9.17) is 15.3 Å². The minimum Gasteiger partial charge on any atom is -0.507 e. The summed E-state index contributed by atoms with van der Waals surface area (Å²) in [5.41, 5.74) is 2.44. The molecular formula is C54H84N6O21. The number of amides is 3. The van der Waals surface area contributed by atoms with Gasteiger partial charge in [-0.2, -0.15) is 0 Å². The molecule has 27 nitrogen and oxygen atoms in total. The van der Waals surface area contributed by atoms with Crippen LogP contribution in [0.3, 0.4) is 0 Å². The number of aliphatic hydroxyl groups excluding tert-OH is 15. The maximum absolute atomic E-state index is 13.5. The maximum atomic E-state index is 13.5. The van der Waals surface area contributed by atoms with Crippen LogP contribution in [-0.4, -0.2) is 276 Å². The number of aliphatic hydroxyl groups is 15. The second kappa shape index (κ2) is 32.6. The number of nitrogens with one attached hydrogen (secondary N) is 3. The molecule has 0 aromatic heterocycles. The zero-order valence-electron chi connectivity index (χ0n) is 45.7. The number of rotatable bonds is 27. The topological polar surface area (TPSA) is 461 Å². The number of aryl methyl sites for hydroxylation is 3. The molecule has 81 heavy (non-hydrogen) atoms. The van der Waals surface area contributed by atoms with Gasteiger partial charge in [0.2, 0.25) is 0 Å². The average molecular weight is 1150 g/mol. The summed E-state index contributed by atoms with van der Waals surface area (Å²) in [7, 11) is 0. The molecule has 12 unspecified atom stereocenters. The van der Waals surface area contributed by atoms with Gasteiger partial charge in [0, 0.05) is 56.0 Å². The van der Waals surface area contributed by atoms with Gasteiger partial charge in [-0.15, -0.1) is 0 Å². The Balaban J connectivity index is 1.62. The molecule has 0 saturated carbocycles. The van der Waals surface area contributed by atoms with Gasteiger partial charge in [-0.05, 0) is 114 Å². The van der Waals surface area contributed by atoms with E-state index in [-0.39, 0.29) is 53.6 Å². The Morgan fingerprint density at radius 1 is 0.383 bits per heavy atom. The molecule has 0 radical (unpaired) electrons. The fourth-order valence-corrected chi connectivity index (χ4v) is 9.46. The van der Waals surface area contributed by atoms with E-state index in [2.05, 4.69) is 30.7 Å². The number of hydrogen-bond donors (Lipinski definition) is 21. The van der Waals surface area contributed by atoms with Crippen molar-refractivity contribution in [2.45, 2.75) is 133 Å². The quantitative estimate of drug-likeness (QED) is 0.0338. The van der Waals surface area contributed by atoms with Crippen LogP contribution in [0.1, 0.15) is 83.7 Å². The predicted molar refractivity (Wildman–Crippen MR) is 289 cm³/mol. The molecule has 27 heteroatoms. The monoisotopic (exact) mass is 1150 g/mol. The molecule has 0 aliphatic carbocycles. The maximum Gasteiger partial charge on any atom is 0.255 e. The number of carbonyl (C=O) groups is 3. The van der Waals surface area contributed by atoms with E-state index in [0.717, 1.165) is 0 Å². The van der Waals surface area contributed by atoms with E-state index in [1.807, 2.05) is 0 Å². The first-order chi connectivity index (χ1) is 38.2. The van der Waals surface area contributed by atoms with E-state index in [1.165, 1.54) is 18.2 Å². The van der Waals surface area contributed by atoms with Crippen molar-refractivity contribution in [3.8, 4) is 17.2 Å². The van der Waals surface area contributed by atoms with Gasteiger partial charge >= 0.3 is 0 Å². The highest BCUT2D eigenvalue weighted by molar-refractivity contribution is 5.98. The fourth-order valence-electron chi connectivity index (χ4n) is 9.46. The van der Waals surface area contributed by atoms with Crippen molar-refractivity contribution in [2.24, 2.45) is 0 Å². The second-order valence-corrected chi connectivity index (χ2v) is 20.9. The Hall–Kier alpha value is -5.25. The summed E-state index contributed by atoms with van der Waals surface area (Å²) >= 11 is 0. The van der Waals surface area contributed by atoms with Gasteiger partial charge in [0.05, 0.1) is 54.8 Å². The molecule has 1 aliphatic heterocycles. The predicted octanol–water partition coefficient (Wildman–Crippen LogP) is -5.78. The van der Waals surface area contributed by atoms with Gasteiger partial charge < -0.3 is 108 Å². The van der Waals surface area contributed by atoms with Crippen molar-refractivity contribution in [1.29, 1.82) is 0 Å². The summed E-state index contributed by atoms with van der Waals surface area (Å²) < 4.78 is 0. The zero-order chi connectivity index (χ0) is 60.4. The fraction of sp³-hybridized carbons (Fsp3) is 0.611. The minimum absolute atomic E-state index is 0.133. The van der Waals surface area contributed by atoms with Crippen molar-refractivity contribution in [1.82, 2.24) is 30.7 Å². The zero-order valence-corrected chi connectivity index (χ0v) is 45.7. The summed E-state index contributed by atoms with van der Waals surface area (Å²) in [5.74, 6) is -3.56. The van der Waals surface area contributed by atoms with Crippen molar-refractivity contribution >= 4 is 17.7 Å². The van der Waals surface area contributed by atoms with E-state index in [9.17, 15) is 91.0 Å².